The monoisotopic (exact) mass is 427 g/mol. The molecule has 0 amide bonds. The molecule has 0 fully saturated rings. The number of benzene rings is 3. The summed E-state index contributed by atoms with van der Waals surface area (Å²) in [5.74, 6) is 0.744. The molecule has 0 unspecified atom stereocenters. The van der Waals surface area contributed by atoms with Crippen LogP contribution in [0.5, 0.6) is 11.5 Å². The summed E-state index contributed by atoms with van der Waals surface area (Å²) in [6.07, 6.45) is 0. The number of carbonyl (C=O) groups excluding carboxylic acids is 1. The number of hydrogen-bond donors (Lipinski definition) is 1. The zero-order valence-corrected chi connectivity index (χ0v) is 17.3. The number of esters is 1. The lowest BCUT2D eigenvalue weighted by molar-refractivity contribution is 0.0602. The molecule has 148 valence electrons. The quantitative estimate of drug-likeness (QED) is 0.424. The van der Waals surface area contributed by atoms with E-state index in [0.29, 0.717) is 27.8 Å². The number of nitrogens with one attached hydrogen (secondary N) is 1. The number of carbonyl (C=O) groups is 1. The van der Waals surface area contributed by atoms with E-state index >= 15 is 0 Å². The lowest BCUT2D eigenvalue weighted by Gasteiger charge is -2.15. The molecule has 0 atom stereocenters. The van der Waals surface area contributed by atoms with Gasteiger partial charge in [0.1, 0.15) is 11.5 Å². The first-order chi connectivity index (χ1) is 14.0. The van der Waals surface area contributed by atoms with Crippen LogP contribution in [0.3, 0.4) is 0 Å². The van der Waals surface area contributed by atoms with Crippen LogP contribution in [-0.4, -0.2) is 25.4 Å². The Morgan fingerprint density at radius 1 is 0.966 bits per heavy atom. The Hall–Kier alpha value is -3.09. The van der Waals surface area contributed by atoms with E-state index in [1.165, 1.54) is 7.11 Å². The van der Waals surface area contributed by atoms with Gasteiger partial charge in [-0.05, 0) is 60.2 Å². The smallest absolute Gasteiger partial charge is 0.339 e. The molecule has 0 aliphatic heterocycles. The Kier molecular flexibility index (Phi) is 6.69. The first kappa shape index (κ1) is 20.6. The predicted molar refractivity (Wildman–Crippen MR) is 118 cm³/mol. The van der Waals surface area contributed by atoms with Crippen LogP contribution in [0.25, 0.3) is 11.1 Å². The Bertz CT molecular complexity index is 1040. The molecule has 0 spiro atoms. The lowest BCUT2D eigenvalue weighted by atomic mass is 10.0. The van der Waals surface area contributed by atoms with Crippen molar-refractivity contribution in [3.05, 3.63) is 77.3 Å². The summed E-state index contributed by atoms with van der Waals surface area (Å²) in [5.41, 5.74) is 2.27. The number of para-hydroxylation sites is 1. The highest BCUT2D eigenvalue weighted by molar-refractivity contribution is 7.80. The molecule has 0 radical (unpaired) electrons. The van der Waals surface area contributed by atoms with Gasteiger partial charge in [0.2, 0.25) is 0 Å². The van der Waals surface area contributed by atoms with Crippen molar-refractivity contribution in [1.29, 1.82) is 0 Å². The first-order valence-electron chi connectivity index (χ1n) is 8.62. The molecule has 0 aliphatic carbocycles. The molecular formula is C22H18ClNO4S. The number of hydrogen-bond acceptors (Lipinski definition) is 5. The number of ether oxygens (including phenoxy) is 3. The second kappa shape index (κ2) is 9.41. The van der Waals surface area contributed by atoms with Crippen molar-refractivity contribution in [3.8, 4) is 22.6 Å². The van der Waals surface area contributed by atoms with Crippen LogP contribution >= 0.6 is 23.8 Å². The van der Waals surface area contributed by atoms with E-state index in [2.05, 4.69) is 5.32 Å². The van der Waals surface area contributed by atoms with Crippen LogP contribution in [0.15, 0.2) is 66.7 Å². The molecule has 3 aromatic rings. The van der Waals surface area contributed by atoms with E-state index < -0.39 is 5.97 Å². The lowest BCUT2D eigenvalue weighted by Crippen LogP contribution is -2.18. The van der Waals surface area contributed by atoms with Gasteiger partial charge >= 0.3 is 5.97 Å². The normalized spacial score (nSPS) is 10.2. The summed E-state index contributed by atoms with van der Waals surface area (Å²) in [6, 6.07) is 19.6. The standard InChI is InChI=1S/C22H18ClNO4S/c1-26-16-9-11-19(23)18(13-16)14-8-10-17(21(25)27-2)20(12-14)24-22(29)28-15-6-4-3-5-7-15/h3-13H,1-2H3,(H,24,29). The average molecular weight is 428 g/mol. The van der Waals surface area contributed by atoms with E-state index in [1.54, 1.807) is 49.6 Å². The fraction of sp³-hybridized carbons (Fsp3) is 0.0909. The van der Waals surface area contributed by atoms with E-state index in [9.17, 15) is 4.79 Å². The zero-order valence-electron chi connectivity index (χ0n) is 15.8. The Balaban J connectivity index is 1.96. The molecule has 0 aromatic heterocycles. The Morgan fingerprint density at radius 3 is 2.41 bits per heavy atom. The zero-order chi connectivity index (χ0) is 20.8. The highest BCUT2D eigenvalue weighted by Gasteiger charge is 2.16. The number of thiocarbonyl (C=S) groups is 1. The summed E-state index contributed by atoms with van der Waals surface area (Å²) in [4.78, 5) is 12.2. The van der Waals surface area contributed by atoms with Crippen LogP contribution in [-0.2, 0) is 4.74 Å². The maximum Gasteiger partial charge on any atom is 0.339 e. The van der Waals surface area contributed by atoms with E-state index in [1.807, 2.05) is 24.3 Å². The SMILES string of the molecule is COC(=O)c1ccc(-c2cc(OC)ccc2Cl)cc1NC(=S)Oc1ccccc1. The molecule has 7 heteroatoms. The third kappa shape index (κ3) is 5.04. The van der Waals surface area contributed by atoms with Gasteiger partial charge in [-0.3, -0.25) is 0 Å². The predicted octanol–water partition coefficient (Wildman–Crippen LogP) is 5.58. The highest BCUT2D eigenvalue weighted by atomic mass is 35.5. The molecule has 3 aromatic carbocycles. The first-order valence-corrected chi connectivity index (χ1v) is 9.40. The van der Waals surface area contributed by atoms with Crippen LogP contribution < -0.4 is 14.8 Å². The molecule has 29 heavy (non-hydrogen) atoms. The van der Waals surface area contributed by atoms with Gasteiger partial charge in [0, 0.05) is 10.6 Å². The highest BCUT2D eigenvalue weighted by Crippen LogP contribution is 2.34. The molecule has 0 bridgehead atoms. The fourth-order valence-corrected chi connectivity index (χ4v) is 3.12. The molecule has 5 nitrogen and oxygen atoms in total. The maximum atomic E-state index is 12.2. The largest absolute Gasteiger partial charge is 0.497 e. The molecule has 0 aliphatic rings. The van der Waals surface area contributed by atoms with Gasteiger partial charge in [-0.1, -0.05) is 35.9 Å². The van der Waals surface area contributed by atoms with Gasteiger partial charge in [0.15, 0.2) is 0 Å². The van der Waals surface area contributed by atoms with Crippen molar-refractivity contribution >= 4 is 40.7 Å². The van der Waals surface area contributed by atoms with Crippen LogP contribution in [0, 0.1) is 0 Å². The van der Waals surface area contributed by atoms with Gasteiger partial charge in [-0.25, -0.2) is 4.79 Å². The minimum atomic E-state index is -0.502. The topological polar surface area (TPSA) is 56.8 Å². The minimum absolute atomic E-state index is 0.0928. The van der Waals surface area contributed by atoms with Crippen molar-refractivity contribution in [1.82, 2.24) is 0 Å². The molecule has 1 N–H and O–H groups in total. The van der Waals surface area contributed by atoms with Gasteiger partial charge in [-0.15, -0.1) is 0 Å². The average Bonchev–Trinajstić information content (AvgIpc) is 2.74. The van der Waals surface area contributed by atoms with Crippen LogP contribution in [0.4, 0.5) is 5.69 Å². The molecular weight excluding hydrogens is 410 g/mol. The van der Waals surface area contributed by atoms with Gasteiger partial charge in [0.25, 0.3) is 5.17 Å². The van der Waals surface area contributed by atoms with Gasteiger partial charge < -0.3 is 19.5 Å². The second-order valence-electron chi connectivity index (χ2n) is 5.93. The van der Waals surface area contributed by atoms with Crippen LogP contribution in [0.1, 0.15) is 10.4 Å². The van der Waals surface area contributed by atoms with Crippen molar-refractivity contribution in [2.24, 2.45) is 0 Å². The van der Waals surface area contributed by atoms with Gasteiger partial charge in [-0.2, -0.15) is 0 Å². The molecule has 0 heterocycles. The number of anilines is 1. The number of methoxy groups -OCH3 is 2. The molecule has 0 saturated heterocycles. The molecule has 0 saturated carbocycles. The maximum absolute atomic E-state index is 12.2. The Morgan fingerprint density at radius 2 is 1.72 bits per heavy atom. The Labute approximate surface area is 179 Å². The summed E-state index contributed by atoms with van der Waals surface area (Å²) in [5, 5.41) is 3.61. The fourth-order valence-electron chi connectivity index (χ4n) is 2.69. The van der Waals surface area contributed by atoms with Crippen molar-refractivity contribution in [2.75, 3.05) is 19.5 Å². The summed E-state index contributed by atoms with van der Waals surface area (Å²) in [7, 11) is 2.90. The second-order valence-corrected chi connectivity index (χ2v) is 6.70. The summed E-state index contributed by atoms with van der Waals surface area (Å²) in [6.45, 7) is 0. The number of halogens is 1. The van der Waals surface area contributed by atoms with E-state index in [0.717, 1.165) is 11.1 Å². The third-order valence-electron chi connectivity index (χ3n) is 4.10. The van der Waals surface area contributed by atoms with Crippen molar-refractivity contribution in [3.63, 3.8) is 0 Å². The van der Waals surface area contributed by atoms with E-state index in [-0.39, 0.29) is 5.17 Å². The van der Waals surface area contributed by atoms with E-state index in [4.69, 9.17) is 38.0 Å². The number of rotatable bonds is 5. The minimum Gasteiger partial charge on any atom is -0.497 e. The summed E-state index contributed by atoms with van der Waals surface area (Å²) < 4.78 is 15.8. The van der Waals surface area contributed by atoms with Crippen molar-refractivity contribution in [2.45, 2.75) is 0 Å². The van der Waals surface area contributed by atoms with Crippen molar-refractivity contribution < 1.29 is 19.0 Å². The summed E-state index contributed by atoms with van der Waals surface area (Å²) >= 11 is 11.7. The van der Waals surface area contributed by atoms with Crippen LogP contribution in [0.2, 0.25) is 5.02 Å². The van der Waals surface area contributed by atoms with Gasteiger partial charge in [0.05, 0.1) is 25.5 Å². The molecule has 3 rings (SSSR count). The third-order valence-corrected chi connectivity index (χ3v) is 4.61.